The summed E-state index contributed by atoms with van der Waals surface area (Å²) in [4.78, 5) is 25.3. The highest BCUT2D eigenvalue weighted by atomic mass is 16.6. The minimum Gasteiger partial charge on any atom is -0.459 e. The fourth-order valence-corrected chi connectivity index (χ4v) is 3.89. The predicted molar refractivity (Wildman–Crippen MR) is 102 cm³/mol. The third-order valence-electron chi connectivity index (χ3n) is 4.91. The number of anilines is 1. The Kier molecular flexibility index (Phi) is 4.42. The molecule has 1 fully saturated rings. The average molecular weight is 358 g/mol. The number of benzene rings is 1. The van der Waals surface area contributed by atoms with Gasteiger partial charge in [-0.3, -0.25) is 9.59 Å². The molecule has 1 amide bonds. The first-order valence-corrected chi connectivity index (χ1v) is 9.31. The lowest BCUT2D eigenvalue weighted by molar-refractivity contribution is -0.157. The van der Waals surface area contributed by atoms with Gasteiger partial charge in [-0.05, 0) is 56.2 Å². The quantitative estimate of drug-likeness (QED) is 0.797. The van der Waals surface area contributed by atoms with E-state index < -0.39 is 17.1 Å². The van der Waals surface area contributed by atoms with E-state index in [2.05, 4.69) is 43.5 Å². The molecular formula is C21H30N2O3. The van der Waals surface area contributed by atoms with E-state index in [1.54, 1.807) is 0 Å². The number of ether oxygens (including phenoxy) is 1. The van der Waals surface area contributed by atoms with E-state index in [9.17, 15) is 9.59 Å². The van der Waals surface area contributed by atoms with Crippen molar-refractivity contribution in [2.24, 2.45) is 5.41 Å². The molecular weight excluding hydrogens is 328 g/mol. The molecule has 2 N–H and O–H groups in total. The molecule has 2 atom stereocenters. The summed E-state index contributed by atoms with van der Waals surface area (Å²) in [7, 11) is 0. The van der Waals surface area contributed by atoms with Crippen LogP contribution in [0, 0.1) is 5.41 Å². The van der Waals surface area contributed by atoms with Gasteiger partial charge >= 0.3 is 5.97 Å². The van der Waals surface area contributed by atoms with E-state index in [1.807, 2.05) is 26.8 Å². The summed E-state index contributed by atoms with van der Waals surface area (Å²) in [5, 5.41) is 6.21. The lowest BCUT2D eigenvalue weighted by Gasteiger charge is -2.24. The van der Waals surface area contributed by atoms with Crippen molar-refractivity contribution < 1.29 is 14.3 Å². The summed E-state index contributed by atoms with van der Waals surface area (Å²) in [6, 6.07) is 5.75. The second kappa shape index (κ2) is 6.08. The van der Waals surface area contributed by atoms with Crippen LogP contribution in [0.3, 0.4) is 0 Å². The molecule has 0 saturated carbocycles. The number of amides is 1. The maximum absolute atomic E-state index is 12.8. The summed E-state index contributed by atoms with van der Waals surface area (Å²) in [6.07, 6.45) is 1.37. The molecule has 1 aromatic rings. The van der Waals surface area contributed by atoms with E-state index in [4.69, 9.17) is 4.74 Å². The van der Waals surface area contributed by atoms with Crippen LogP contribution < -0.4 is 10.6 Å². The molecule has 0 aromatic heterocycles. The van der Waals surface area contributed by atoms with Gasteiger partial charge in [-0.1, -0.05) is 32.9 Å². The van der Waals surface area contributed by atoms with Gasteiger partial charge in [-0.25, -0.2) is 0 Å². The second-order valence-corrected chi connectivity index (χ2v) is 9.82. The Bertz CT molecular complexity index is 743. The monoisotopic (exact) mass is 358 g/mol. The van der Waals surface area contributed by atoms with Crippen LogP contribution in [0.25, 0.3) is 0 Å². The number of fused-ring (bicyclic) bond motifs is 2. The Morgan fingerprint density at radius 1 is 1.23 bits per heavy atom. The minimum absolute atomic E-state index is 0.0287. The molecule has 26 heavy (non-hydrogen) atoms. The van der Waals surface area contributed by atoms with Crippen LogP contribution in [0.15, 0.2) is 18.2 Å². The Morgan fingerprint density at radius 3 is 2.54 bits per heavy atom. The third-order valence-corrected chi connectivity index (χ3v) is 4.91. The van der Waals surface area contributed by atoms with Gasteiger partial charge in [0.1, 0.15) is 11.6 Å². The van der Waals surface area contributed by atoms with Crippen LogP contribution in [0.4, 0.5) is 5.69 Å². The van der Waals surface area contributed by atoms with Crippen molar-refractivity contribution in [3.63, 3.8) is 0 Å². The summed E-state index contributed by atoms with van der Waals surface area (Å²) in [5.41, 5.74) is 2.02. The molecule has 5 heteroatoms. The van der Waals surface area contributed by atoms with Gasteiger partial charge in [0, 0.05) is 12.2 Å². The van der Waals surface area contributed by atoms with E-state index in [0.29, 0.717) is 13.0 Å². The molecule has 2 unspecified atom stereocenters. The van der Waals surface area contributed by atoms with Gasteiger partial charge in [0.15, 0.2) is 0 Å². The Balaban J connectivity index is 1.87. The standard InChI is InChI=1S/C21H30N2O3/c1-19(2,3)10-13-7-8-15-14(9-13)21(18(25)23-15)11-16(22-12-21)17(24)26-20(4,5)6/h7-9,16,22H,10-12H2,1-6H3,(H,23,25). The summed E-state index contributed by atoms with van der Waals surface area (Å²) in [6.45, 7) is 12.6. The molecule has 5 nitrogen and oxygen atoms in total. The molecule has 0 aliphatic carbocycles. The maximum atomic E-state index is 12.8. The van der Waals surface area contributed by atoms with Gasteiger partial charge in [-0.15, -0.1) is 0 Å². The third kappa shape index (κ3) is 3.63. The fraction of sp³-hybridized carbons (Fsp3) is 0.619. The normalized spacial score (nSPS) is 25.3. The van der Waals surface area contributed by atoms with Crippen LogP contribution in [-0.4, -0.2) is 30.1 Å². The Hall–Kier alpha value is -1.88. The van der Waals surface area contributed by atoms with Crippen molar-refractivity contribution in [1.82, 2.24) is 5.32 Å². The van der Waals surface area contributed by atoms with Crippen LogP contribution in [0.1, 0.15) is 59.1 Å². The highest BCUT2D eigenvalue weighted by molar-refractivity contribution is 6.07. The first kappa shape index (κ1) is 18.9. The van der Waals surface area contributed by atoms with E-state index in [-0.39, 0.29) is 17.3 Å². The van der Waals surface area contributed by atoms with Crippen LogP contribution in [0.2, 0.25) is 0 Å². The molecule has 3 rings (SSSR count). The van der Waals surface area contributed by atoms with Crippen molar-refractivity contribution in [2.75, 3.05) is 11.9 Å². The van der Waals surface area contributed by atoms with E-state index >= 15 is 0 Å². The minimum atomic E-state index is -0.690. The number of rotatable bonds is 2. The summed E-state index contributed by atoms with van der Waals surface area (Å²) >= 11 is 0. The average Bonchev–Trinajstić information content (AvgIpc) is 3.01. The van der Waals surface area contributed by atoms with E-state index in [1.165, 1.54) is 5.56 Å². The SMILES string of the molecule is CC(C)(C)Cc1ccc2c(c1)C1(CNC(C(=O)OC(C)(C)C)C1)C(=O)N2. The molecule has 0 radical (unpaired) electrons. The van der Waals surface area contributed by atoms with Gasteiger partial charge in [0.2, 0.25) is 5.91 Å². The molecule has 2 aliphatic heterocycles. The summed E-state index contributed by atoms with van der Waals surface area (Å²) in [5.74, 6) is -0.319. The number of esters is 1. The molecule has 1 saturated heterocycles. The topological polar surface area (TPSA) is 67.4 Å². The second-order valence-electron chi connectivity index (χ2n) is 9.82. The smallest absolute Gasteiger partial charge is 0.323 e. The lowest BCUT2D eigenvalue weighted by Crippen LogP contribution is -2.37. The zero-order valence-corrected chi connectivity index (χ0v) is 16.7. The van der Waals surface area contributed by atoms with Gasteiger partial charge in [-0.2, -0.15) is 0 Å². The number of hydrogen-bond acceptors (Lipinski definition) is 4. The van der Waals surface area contributed by atoms with Crippen molar-refractivity contribution in [1.29, 1.82) is 0 Å². The zero-order chi connectivity index (χ0) is 19.3. The Labute approximate surface area is 155 Å². The van der Waals surface area contributed by atoms with E-state index in [0.717, 1.165) is 17.7 Å². The maximum Gasteiger partial charge on any atom is 0.323 e. The zero-order valence-electron chi connectivity index (χ0n) is 16.7. The molecule has 1 spiro atoms. The van der Waals surface area contributed by atoms with Crippen molar-refractivity contribution in [3.05, 3.63) is 29.3 Å². The number of carbonyl (C=O) groups excluding carboxylic acids is 2. The Morgan fingerprint density at radius 2 is 1.92 bits per heavy atom. The highest BCUT2D eigenvalue weighted by Gasteiger charge is 2.53. The van der Waals surface area contributed by atoms with Crippen LogP contribution in [0.5, 0.6) is 0 Å². The lowest BCUT2D eigenvalue weighted by atomic mass is 9.78. The summed E-state index contributed by atoms with van der Waals surface area (Å²) < 4.78 is 5.50. The fourth-order valence-electron chi connectivity index (χ4n) is 3.89. The molecule has 1 aromatic carbocycles. The number of carbonyl (C=O) groups is 2. The van der Waals surface area contributed by atoms with Gasteiger partial charge in [0.25, 0.3) is 0 Å². The first-order chi connectivity index (χ1) is 11.9. The largest absolute Gasteiger partial charge is 0.459 e. The molecule has 142 valence electrons. The first-order valence-electron chi connectivity index (χ1n) is 9.31. The molecule has 2 heterocycles. The molecule has 0 bridgehead atoms. The number of nitrogens with one attached hydrogen (secondary N) is 2. The predicted octanol–water partition coefficient (Wildman–Crippen LogP) is 3.17. The van der Waals surface area contributed by atoms with Gasteiger partial charge in [0.05, 0.1) is 5.41 Å². The van der Waals surface area contributed by atoms with Crippen LogP contribution >= 0.6 is 0 Å². The van der Waals surface area contributed by atoms with Crippen molar-refractivity contribution >= 4 is 17.6 Å². The van der Waals surface area contributed by atoms with Crippen molar-refractivity contribution in [2.45, 2.75) is 71.4 Å². The van der Waals surface area contributed by atoms with Crippen LogP contribution in [-0.2, 0) is 26.2 Å². The van der Waals surface area contributed by atoms with Gasteiger partial charge < -0.3 is 15.4 Å². The van der Waals surface area contributed by atoms with Crippen molar-refractivity contribution in [3.8, 4) is 0 Å². The highest BCUT2D eigenvalue weighted by Crippen LogP contribution is 2.44. The number of hydrogen-bond donors (Lipinski definition) is 2. The molecule has 2 aliphatic rings.